The average Bonchev–Trinajstić information content (AvgIpc) is 2.69. The third kappa shape index (κ3) is 2.97. The number of ether oxygens (including phenoxy) is 2. The van der Waals surface area contributed by atoms with Crippen LogP contribution in [0.4, 0.5) is 4.79 Å². The molecule has 0 radical (unpaired) electrons. The smallest absolute Gasteiger partial charge is 0.410 e. The first-order valence-corrected chi connectivity index (χ1v) is 6.93. The number of likely N-dealkylation sites (tertiary alicyclic amines) is 1. The lowest BCUT2D eigenvalue weighted by molar-refractivity contribution is -0.000590. The molecule has 1 saturated heterocycles. The highest BCUT2D eigenvalue weighted by molar-refractivity contribution is 5.69. The van der Waals surface area contributed by atoms with Crippen molar-refractivity contribution in [2.45, 2.75) is 64.2 Å². The van der Waals surface area contributed by atoms with Crippen molar-refractivity contribution in [1.82, 2.24) is 4.90 Å². The maximum atomic E-state index is 12.2. The number of carbonyl (C=O) groups is 1. The van der Waals surface area contributed by atoms with E-state index in [9.17, 15) is 4.79 Å². The molecule has 4 nitrogen and oxygen atoms in total. The van der Waals surface area contributed by atoms with Gasteiger partial charge in [-0.3, -0.25) is 0 Å². The summed E-state index contributed by atoms with van der Waals surface area (Å²) in [5, 5.41) is 0. The van der Waals surface area contributed by atoms with Crippen LogP contribution in [0.1, 0.15) is 46.5 Å². The number of hydrogen-bond donors (Lipinski definition) is 0. The van der Waals surface area contributed by atoms with Crippen molar-refractivity contribution in [3.63, 3.8) is 0 Å². The Hall–Kier alpha value is -0.770. The first-order valence-electron chi connectivity index (χ1n) is 6.93. The minimum atomic E-state index is -0.412. The van der Waals surface area contributed by atoms with E-state index in [2.05, 4.69) is 0 Å². The Labute approximate surface area is 110 Å². The van der Waals surface area contributed by atoms with Gasteiger partial charge in [0.15, 0.2) is 0 Å². The van der Waals surface area contributed by atoms with Crippen molar-refractivity contribution in [1.29, 1.82) is 0 Å². The third-order valence-corrected chi connectivity index (χ3v) is 4.01. The monoisotopic (exact) mass is 255 g/mol. The highest BCUT2D eigenvalue weighted by Gasteiger charge is 2.42. The van der Waals surface area contributed by atoms with E-state index in [-0.39, 0.29) is 6.09 Å². The molecule has 1 aliphatic heterocycles. The molecular formula is C14H25NO3. The van der Waals surface area contributed by atoms with Gasteiger partial charge in [0.1, 0.15) is 5.60 Å². The van der Waals surface area contributed by atoms with Crippen LogP contribution >= 0.6 is 0 Å². The van der Waals surface area contributed by atoms with Gasteiger partial charge in [0.05, 0.1) is 6.10 Å². The minimum Gasteiger partial charge on any atom is -0.444 e. The van der Waals surface area contributed by atoms with Crippen molar-refractivity contribution in [2.24, 2.45) is 5.92 Å². The molecular weight excluding hydrogens is 230 g/mol. The molecule has 0 aromatic heterocycles. The van der Waals surface area contributed by atoms with E-state index in [0.29, 0.717) is 18.1 Å². The summed E-state index contributed by atoms with van der Waals surface area (Å²) < 4.78 is 10.9. The molecule has 1 heterocycles. The molecule has 18 heavy (non-hydrogen) atoms. The second-order valence-electron chi connectivity index (χ2n) is 6.46. The Morgan fingerprint density at radius 2 is 1.94 bits per heavy atom. The Balaban J connectivity index is 1.99. The zero-order valence-corrected chi connectivity index (χ0v) is 11.9. The number of methoxy groups -OCH3 is 1. The van der Waals surface area contributed by atoms with Gasteiger partial charge in [-0.25, -0.2) is 4.79 Å². The first-order chi connectivity index (χ1) is 8.40. The first kappa shape index (κ1) is 13.7. The molecule has 3 atom stereocenters. The SMILES string of the molecule is COC1CCC2CCN(C(=O)OC(C)(C)C)C2C1. The summed E-state index contributed by atoms with van der Waals surface area (Å²) >= 11 is 0. The molecule has 0 aromatic rings. The number of carbonyl (C=O) groups excluding carboxylic acids is 1. The zero-order valence-electron chi connectivity index (χ0n) is 11.9. The molecule has 1 aliphatic carbocycles. The molecule has 1 saturated carbocycles. The highest BCUT2D eigenvalue weighted by atomic mass is 16.6. The molecule has 0 N–H and O–H groups in total. The van der Waals surface area contributed by atoms with Gasteiger partial charge in [-0.2, -0.15) is 0 Å². The maximum absolute atomic E-state index is 12.2. The number of fused-ring (bicyclic) bond motifs is 1. The van der Waals surface area contributed by atoms with E-state index in [0.717, 1.165) is 25.8 Å². The molecule has 2 fully saturated rings. The highest BCUT2D eigenvalue weighted by Crippen LogP contribution is 2.37. The quantitative estimate of drug-likeness (QED) is 0.723. The van der Waals surface area contributed by atoms with Gasteiger partial charge in [-0.1, -0.05) is 0 Å². The Bertz CT molecular complexity index is 311. The summed E-state index contributed by atoms with van der Waals surface area (Å²) in [6.45, 7) is 6.58. The van der Waals surface area contributed by atoms with E-state index in [1.807, 2.05) is 25.7 Å². The van der Waals surface area contributed by atoms with Crippen molar-refractivity contribution >= 4 is 6.09 Å². The molecule has 0 bridgehead atoms. The molecule has 2 aliphatic rings. The molecule has 3 unspecified atom stereocenters. The summed E-state index contributed by atoms with van der Waals surface area (Å²) in [4.78, 5) is 14.1. The van der Waals surface area contributed by atoms with Crippen molar-refractivity contribution in [3.8, 4) is 0 Å². The molecule has 0 spiro atoms. The van der Waals surface area contributed by atoms with Gasteiger partial charge in [-0.05, 0) is 52.4 Å². The number of nitrogens with zero attached hydrogens (tertiary/aromatic N) is 1. The summed E-state index contributed by atoms with van der Waals surface area (Å²) in [7, 11) is 1.76. The van der Waals surface area contributed by atoms with Gasteiger partial charge in [0.25, 0.3) is 0 Å². The van der Waals surface area contributed by atoms with Gasteiger partial charge in [0, 0.05) is 19.7 Å². The predicted octanol–water partition coefficient (Wildman–Crippen LogP) is 2.81. The van der Waals surface area contributed by atoms with Crippen LogP contribution in [0, 0.1) is 5.92 Å². The average molecular weight is 255 g/mol. The lowest BCUT2D eigenvalue weighted by Gasteiger charge is -2.36. The van der Waals surface area contributed by atoms with E-state index >= 15 is 0 Å². The second kappa shape index (κ2) is 5.08. The fraction of sp³-hybridized carbons (Fsp3) is 0.929. The fourth-order valence-electron chi connectivity index (χ4n) is 3.12. The summed E-state index contributed by atoms with van der Waals surface area (Å²) in [5.41, 5.74) is -0.412. The van der Waals surface area contributed by atoms with E-state index < -0.39 is 5.60 Å². The van der Waals surface area contributed by atoms with E-state index in [1.165, 1.54) is 6.42 Å². The summed E-state index contributed by atoms with van der Waals surface area (Å²) in [6, 6.07) is 0.318. The molecule has 4 heteroatoms. The summed E-state index contributed by atoms with van der Waals surface area (Å²) in [6.07, 6.45) is 4.50. The number of rotatable bonds is 1. The topological polar surface area (TPSA) is 38.8 Å². The van der Waals surface area contributed by atoms with Crippen LogP contribution in [0.2, 0.25) is 0 Å². The molecule has 0 aromatic carbocycles. The lowest BCUT2D eigenvalue weighted by atomic mass is 9.83. The Morgan fingerprint density at radius 1 is 1.22 bits per heavy atom. The van der Waals surface area contributed by atoms with Crippen molar-refractivity contribution in [2.75, 3.05) is 13.7 Å². The number of hydrogen-bond acceptors (Lipinski definition) is 3. The van der Waals surface area contributed by atoms with E-state index in [4.69, 9.17) is 9.47 Å². The lowest BCUT2D eigenvalue weighted by Crippen LogP contribution is -2.44. The van der Waals surface area contributed by atoms with Gasteiger partial charge >= 0.3 is 6.09 Å². The summed E-state index contributed by atoms with van der Waals surface area (Å²) in [5.74, 6) is 0.643. The van der Waals surface area contributed by atoms with Crippen LogP contribution in [-0.4, -0.2) is 42.4 Å². The van der Waals surface area contributed by atoms with Gasteiger partial charge in [-0.15, -0.1) is 0 Å². The van der Waals surface area contributed by atoms with Crippen molar-refractivity contribution < 1.29 is 14.3 Å². The zero-order chi connectivity index (χ0) is 13.3. The largest absolute Gasteiger partial charge is 0.444 e. The van der Waals surface area contributed by atoms with Crippen LogP contribution in [0.25, 0.3) is 0 Å². The minimum absolute atomic E-state index is 0.160. The maximum Gasteiger partial charge on any atom is 0.410 e. The Morgan fingerprint density at radius 3 is 2.56 bits per heavy atom. The molecule has 1 amide bonds. The third-order valence-electron chi connectivity index (χ3n) is 4.01. The van der Waals surface area contributed by atoms with Crippen LogP contribution in [0.3, 0.4) is 0 Å². The molecule has 104 valence electrons. The molecule has 2 rings (SSSR count). The predicted molar refractivity (Wildman–Crippen MR) is 69.5 cm³/mol. The van der Waals surface area contributed by atoms with Crippen molar-refractivity contribution in [3.05, 3.63) is 0 Å². The van der Waals surface area contributed by atoms with Crippen LogP contribution in [-0.2, 0) is 9.47 Å². The van der Waals surface area contributed by atoms with Gasteiger partial charge < -0.3 is 14.4 Å². The van der Waals surface area contributed by atoms with Gasteiger partial charge in [0.2, 0.25) is 0 Å². The number of amides is 1. The fourth-order valence-corrected chi connectivity index (χ4v) is 3.12. The van der Waals surface area contributed by atoms with Crippen LogP contribution in [0.15, 0.2) is 0 Å². The van der Waals surface area contributed by atoms with Crippen LogP contribution in [0.5, 0.6) is 0 Å². The van der Waals surface area contributed by atoms with Crippen LogP contribution < -0.4 is 0 Å². The Kier molecular flexibility index (Phi) is 3.85. The van der Waals surface area contributed by atoms with E-state index in [1.54, 1.807) is 7.11 Å². The normalized spacial score (nSPS) is 32.2. The second-order valence-corrected chi connectivity index (χ2v) is 6.46. The standard InChI is InChI=1S/C14H25NO3/c1-14(2,3)18-13(16)15-8-7-10-5-6-11(17-4)9-12(10)15/h10-12H,5-9H2,1-4H3.